The van der Waals surface area contributed by atoms with Crippen molar-refractivity contribution in [3.63, 3.8) is 0 Å². The Labute approximate surface area is 139 Å². The molecule has 0 bridgehead atoms. The Balaban J connectivity index is 1.67. The first-order valence-electron chi connectivity index (χ1n) is 6.77. The van der Waals surface area contributed by atoms with E-state index in [1.54, 1.807) is 23.1 Å². The van der Waals surface area contributed by atoms with Gasteiger partial charge in [-0.2, -0.15) is 0 Å². The number of imidazole rings is 1. The lowest BCUT2D eigenvalue weighted by Crippen LogP contribution is -2.16. The molecule has 3 heterocycles. The van der Waals surface area contributed by atoms with Crippen LogP contribution in [0, 0.1) is 0 Å². The molecule has 1 N–H and O–H groups in total. The lowest BCUT2D eigenvalue weighted by molar-refractivity contribution is 0.661. The minimum Gasteiger partial charge on any atom is -0.308 e. The molecule has 0 unspecified atom stereocenters. The lowest BCUT2D eigenvalue weighted by Gasteiger charge is -2.06. The molecule has 108 valence electrons. The highest BCUT2D eigenvalue weighted by Gasteiger charge is 2.22. The van der Waals surface area contributed by atoms with Crippen LogP contribution in [0.5, 0.6) is 0 Å². The van der Waals surface area contributed by atoms with Crippen molar-refractivity contribution >= 4 is 44.0 Å². The summed E-state index contributed by atoms with van der Waals surface area (Å²) in [5.74, 6) is 0. The summed E-state index contributed by atoms with van der Waals surface area (Å²) >= 11 is 6.84. The van der Waals surface area contributed by atoms with Gasteiger partial charge < -0.3 is 5.32 Å². The molecule has 0 radical (unpaired) electrons. The quantitative estimate of drug-likeness (QED) is 0.727. The number of thiazole rings is 1. The van der Waals surface area contributed by atoms with Gasteiger partial charge in [0, 0.05) is 30.4 Å². The summed E-state index contributed by atoms with van der Waals surface area (Å²) in [7, 11) is 0. The van der Waals surface area contributed by atoms with Gasteiger partial charge in [0.1, 0.15) is 10.1 Å². The molecular weight excluding hydrogens is 368 g/mol. The van der Waals surface area contributed by atoms with E-state index in [-0.39, 0.29) is 0 Å². The Morgan fingerprint density at radius 1 is 1.43 bits per heavy atom. The van der Waals surface area contributed by atoms with Crippen LogP contribution in [-0.2, 0) is 6.54 Å². The highest BCUT2D eigenvalue weighted by molar-refractivity contribution is 9.10. The molecule has 3 aromatic rings. The third-order valence-corrected chi connectivity index (χ3v) is 6.08. The van der Waals surface area contributed by atoms with Gasteiger partial charge in [0.25, 0.3) is 0 Å². The second-order valence-corrected chi connectivity index (χ2v) is 7.67. The third-order valence-electron chi connectivity index (χ3n) is 3.38. The van der Waals surface area contributed by atoms with Crippen molar-refractivity contribution in [1.29, 1.82) is 0 Å². The molecule has 21 heavy (non-hydrogen) atoms. The number of pyridine rings is 1. The molecule has 0 atom stereocenters. The van der Waals surface area contributed by atoms with E-state index in [9.17, 15) is 0 Å². The molecule has 0 saturated heterocycles. The van der Waals surface area contributed by atoms with Crippen LogP contribution in [0.1, 0.15) is 18.5 Å². The van der Waals surface area contributed by atoms with E-state index in [1.807, 2.05) is 18.3 Å². The van der Waals surface area contributed by atoms with Crippen molar-refractivity contribution in [3.05, 3.63) is 40.1 Å². The Morgan fingerprint density at radius 3 is 3.14 bits per heavy atom. The Bertz CT molecular complexity index is 778. The minimum absolute atomic E-state index is 0.689. The van der Waals surface area contributed by atoms with Crippen LogP contribution in [0.3, 0.4) is 0 Å². The van der Waals surface area contributed by atoms with E-state index in [1.165, 1.54) is 18.5 Å². The third kappa shape index (κ3) is 2.88. The van der Waals surface area contributed by atoms with Gasteiger partial charge in [0.05, 0.1) is 10.2 Å². The molecule has 1 fully saturated rings. The maximum atomic E-state index is 4.75. The number of hydrogen-bond acceptors (Lipinski definition) is 5. The molecule has 0 aliphatic heterocycles. The Kier molecular flexibility index (Phi) is 3.74. The van der Waals surface area contributed by atoms with Crippen molar-refractivity contribution < 1.29 is 0 Å². The van der Waals surface area contributed by atoms with Crippen molar-refractivity contribution in [2.24, 2.45) is 0 Å². The van der Waals surface area contributed by atoms with E-state index < -0.39 is 0 Å². The van der Waals surface area contributed by atoms with Gasteiger partial charge in [0.15, 0.2) is 4.96 Å². The average Bonchev–Trinajstić information content (AvgIpc) is 3.10. The van der Waals surface area contributed by atoms with Gasteiger partial charge in [-0.15, -0.1) is 11.3 Å². The van der Waals surface area contributed by atoms with Crippen molar-refractivity contribution in [3.8, 4) is 0 Å². The van der Waals surface area contributed by atoms with Crippen molar-refractivity contribution in [2.75, 3.05) is 0 Å². The summed E-state index contributed by atoms with van der Waals surface area (Å²) in [6.07, 6.45) is 6.49. The van der Waals surface area contributed by atoms with Gasteiger partial charge in [-0.25, -0.2) is 9.97 Å². The molecule has 1 saturated carbocycles. The fourth-order valence-electron chi connectivity index (χ4n) is 2.12. The monoisotopic (exact) mass is 380 g/mol. The minimum atomic E-state index is 0.689. The first kappa shape index (κ1) is 13.8. The second-order valence-electron chi connectivity index (χ2n) is 4.97. The van der Waals surface area contributed by atoms with Crippen LogP contribution >= 0.6 is 39.0 Å². The first-order chi connectivity index (χ1) is 10.3. The fraction of sp³-hybridized carbons (Fsp3) is 0.286. The molecule has 0 amide bonds. The standard InChI is InChI=1S/C14H13BrN4S2/c15-10-2-1-5-16-12(10)21-13-11(8-17-9-3-4-9)19-6-7-20-14(19)18-13/h1-2,5-7,9,17H,3-4,8H2. The topological polar surface area (TPSA) is 42.2 Å². The lowest BCUT2D eigenvalue weighted by atomic mass is 10.4. The summed E-state index contributed by atoms with van der Waals surface area (Å²) in [5, 5.41) is 7.65. The van der Waals surface area contributed by atoms with Gasteiger partial charge in [0.2, 0.25) is 0 Å². The number of fused-ring (bicyclic) bond motifs is 1. The van der Waals surface area contributed by atoms with Gasteiger partial charge in [-0.3, -0.25) is 4.40 Å². The van der Waals surface area contributed by atoms with Crippen LogP contribution in [0.25, 0.3) is 4.96 Å². The van der Waals surface area contributed by atoms with Crippen LogP contribution in [0.4, 0.5) is 0 Å². The highest BCUT2D eigenvalue weighted by atomic mass is 79.9. The highest BCUT2D eigenvalue weighted by Crippen LogP contribution is 2.34. The molecule has 1 aliphatic rings. The van der Waals surface area contributed by atoms with Crippen LogP contribution in [0.2, 0.25) is 0 Å². The largest absolute Gasteiger partial charge is 0.308 e. The summed E-state index contributed by atoms with van der Waals surface area (Å²) < 4.78 is 3.19. The molecule has 0 aromatic carbocycles. The maximum Gasteiger partial charge on any atom is 0.194 e. The maximum absolute atomic E-state index is 4.75. The van der Waals surface area contributed by atoms with E-state index in [0.717, 1.165) is 26.0 Å². The Hall–Kier alpha value is -0.890. The molecule has 3 aromatic heterocycles. The van der Waals surface area contributed by atoms with Gasteiger partial charge in [-0.1, -0.05) is 0 Å². The summed E-state index contributed by atoms with van der Waals surface area (Å²) in [6, 6.07) is 4.62. The number of rotatable bonds is 5. The molecule has 1 aliphatic carbocycles. The number of nitrogens with zero attached hydrogens (tertiary/aromatic N) is 3. The van der Waals surface area contributed by atoms with Crippen LogP contribution in [0.15, 0.2) is 44.4 Å². The van der Waals surface area contributed by atoms with Gasteiger partial charge in [-0.05, 0) is 52.7 Å². The average molecular weight is 381 g/mol. The predicted molar refractivity (Wildman–Crippen MR) is 89.0 cm³/mol. The van der Waals surface area contributed by atoms with Crippen molar-refractivity contribution in [1.82, 2.24) is 19.7 Å². The first-order valence-corrected chi connectivity index (χ1v) is 9.26. The van der Waals surface area contributed by atoms with Gasteiger partial charge >= 0.3 is 0 Å². The SMILES string of the molecule is Brc1cccnc1Sc1nc2sccn2c1CNC1CC1. The number of hydrogen-bond donors (Lipinski definition) is 1. The van der Waals surface area contributed by atoms with E-state index >= 15 is 0 Å². The second kappa shape index (κ2) is 5.72. The molecular formula is C14H13BrN4S2. The fourth-order valence-corrected chi connectivity index (χ4v) is 4.29. The van der Waals surface area contributed by atoms with Crippen LogP contribution in [-0.4, -0.2) is 20.4 Å². The normalized spacial score (nSPS) is 14.9. The zero-order valence-corrected chi connectivity index (χ0v) is 14.3. The summed E-state index contributed by atoms with van der Waals surface area (Å²) in [6.45, 7) is 0.857. The number of aromatic nitrogens is 3. The Morgan fingerprint density at radius 2 is 2.33 bits per heavy atom. The molecule has 7 heteroatoms. The summed E-state index contributed by atoms with van der Waals surface area (Å²) in [5.41, 5.74) is 1.22. The van der Waals surface area contributed by atoms with Crippen molar-refractivity contribution in [2.45, 2.75) is 35.5 Å². The van der Waals surface area contributed by atoms with E-state index in [2.05, 4.69) is 42.2 Å². The molecule has 0 spiro atoms. The zero-order chi connectivity index (χ0) is 14.2. The molecule has 4 nitrogen and oxygen atoms in total. The zero-order valence-electron chi connectivity index (χ0n) is 11.1. The predicted octanol–water partition coefficient (Wildman–Crippen LogP) is 3.96. The smallest absolute Gasteiger partial charge is 0.194 e. The number of halogens is 1. The number of nitrogens with one attached hydrogen (secondary N) is 1. The molecule has 4 rings (SSSR count). The van der Waals surface area contributed by atoms with E-state index in [0.29, 0.717) is 6.04 Å². The van der Waals surface area contributed by atoms with E-state index in [4.69, 9.17) is 4.98 Å². The summed E-state index contributed by atoms with van der Waals surface area (Å²) in [4.78, 5) is 10.2. The van der Waals surface area contributed by atoms with Crippen LogP contribution < -0.4 is 5.32 Å².